The number of morpholine rings is 1. The molecule has 0 aliphatic carbocycles. The van der Waals surface area contributed by atoms with Crippen molar-refractivity contribution in [2.75, 3.05) is 45.9 Å². The molecule has 2 fully saturated rings. The summed E-state index contributed by atoms with van der Waals surface area (Å²) in [4.78, 5) is 5.20. The van der Waals surface area contributed by atoms with Crippen molar-refractivity contribution >= 4 is 0 Å². The highest BCUT2D eigenvalue weighted by Gasteiger charge is 2.37. The summed E-state index contributed by atoms with van der Waals surface area (Å²) in [6.45, 7) is 19.1. The molecule has 0 spiro atoms. The van der Waals surface area contributed by atoms with E-state index in [9.17, 15) is 0 Å². The number of nitrogens with zero attached hydrogens (tertiary/aromatic N) is 2. The Morgan fingerprint density at radius 1 is 1.33 bits per heavy atom. The van der Waals surface area contributed by atoms with E-state index in [4.69, 9.17) is 4.74 Å². The first-order valence-corrected chi connectivity index (χ1v) is 8.80. The molecule has 4 nitrogen and oxygen atoms in total. The molecule has 124 valence electrons. The molecular formula is C17H35N3O. The van der Waals surface area contributed by atoms with Crippen LogP contribution in [0.2, 0.25) is 0 Å². The predicted octanol–water partition coefficient (Wildman–Crippen LogP) is 1.81. The second-order valence-corrected chi connectivity index (χ2v) is 7.42. The second kappa shape index (κ2) is 7.40. The van der Waals surface area contributed by atoms with Gasteiger partial charge in [0.1, 0.15) is 0 Å². The van der Waals surface area contributed by atoms with E-state index in [1.807, 2.05) is 0 Å². The average Bonchev–Trinajstić information content (AvgIpc) is 2.47. The summed E-state index contributed by atoms with van der Waals surface area (Å²) >= 11 is 0. The summed E-state index contributed by atoms with van der Waals surface area (Å²) in [6, 6.07) is 0.630. The lowest BCUT2D eigenvalue weighted by Gasteiger charge is -2.49. The highest BCUT2D eigenvalue weighted by Crippen LogP contribution is 2.23. The smallest absolute Gasteiger partial charge is 0.0829 e. The van der Waals surface area contributed by atoms with Gasteiger partial charge in [0.05, 0.1) is 12.7 Å². The van der Waals surface area contributed by atoms with Gasteiger partial charge >= 0.3 is 0 Å². The van der Waals surface area contributed by atoms with Gasteiger partial charge in [0.2, 0.25) is 0 Å². The summed E-state index contributed by atoms with van der Waals surface area (Å²) in [7, 11) is 0. The normalized spacial score (nSPS) is 36.3. The molecule has 0 aromatic carbocycles. The Morgan fingerprint density at radius 2 is 2.10 bits per heavy atom. The van der Waals surface area contributed by atoms with Gasteiger partial charge in [-0.25, -0.2) is 0 Å². The lowest BCUT2D eigenvalue weighted by atomic mass is 9.89. The van der Waals surface area contributed by atoms with Crippen LogP contribution in [0, 0.1) is 5.92 Å². The fourth-order valence-electron chi connectivity index (χ4n) is 3.64. The molecule has 0 amide bonds. The van der Waals surface area contributed by atoms with Crippen molar-refractivity contribution in [2.24, 2.45) is 5.92 Å². The molecule has 3 unspecified atom stereocenters. The number of ether oxygens (including phenoxy) is 1. The molecule has 3 atom stereocenters. The minimum Gasteiger partial charge on any atom is -0.374 e. The van der Waals surface area contributed by atoms with E-state index in [0.29, 0.717) is 18.1 Å². The van der Waals surface area contributed by atoms with Gasteiger partial charge in [0.25, 0.3) is 0 Å². The van der Waals surface area contributed by atoms with Crippen molar-refractivity contribution in [2.45, 2.75) is 58.7 Å². The van der Waals surface area contributed by atoms with Gasteiger partial charge < -0.3 is 10.1 Å². The van der Waals surface area contributed by atoms with Crippen LogP contribution in [0.5, 0.6) is 0 Å². The van der Waals surface area contributed by atoms with Crippen LogP contribution >= 0.6 is 0 Å². The zero-order valence-electron chi connectivity index (χ0n) is 14.7. The van der Waals surface area contributed by atoms with Crippen LogP contribution < -0.4 is 5.32 Å². The van der Waals surface area contributed by atoms with Gasteiger partial charge in [0, 0.05) is 44.3 Å². The minimum absolute atomic E-state index is 0.254. The zero-order valence-corrected chi connectivity index (χ0v) is 14.7. The lowest BCUT2D eigenvalue weighted by Crippen LogP contribution is -2.65. The molecule has 0 saturated carbocycles. The van der Waals surface area contributed by atoms with Crippen molar-refractivity contribution in [1.82, 2.24) is 15.1 Å². The number of hydrogen-bond acceptors (Lipinski definition) is 4. The van der Waals surface area contributed by atoms with Crippen LogP contribution in [0.3, 0.4) is 0 Å². The summed E-state index contributed by atoms with van der Waals surface area (Å²) in [6.07, 6.45) is 1.56. The van der Waals surface area contributed by atoms with Gasteiger partial charge in [-0.15, -0.1) is 0 Å². The standard InChI is InChI=1S/C17H35N3O/c1-6-17(5)13-20(16(10-18-17)14(3)4)12-15-11-19(7-2)8-9-21-15/h14-16,18H,6-13H2,1-5H3. The van der Waals surface area contributed by atoms with Crippen molar-refractivity contribution < 1.29 is 4.74 Å². The van der Waals surface area contributed by atoms with E-state index in [2.05, 4.69) is 49.7 Å². The van der Waals surface area contributed by atoms with Gasteiger partial charge in [-0.3, -0.25) is 9.80 Å². The van der Waals surface area contributed by atoms with Crippen LogP contribution in [-0.2, 0) is 4.74 Å². The Bertz CT molecular complexity index is 323. The number of likely N-dealkylation sites (N-methyl/N-ethyl adjacent to an activating group) is 1. The van der Waals surface area contributed by atoms with Gasteiger partial charge in [-0.05, 0) is 25.8 Å². The molecule has 2 aliphatic rings. The van der Waals surface area contributed by atoms with E-state index in [0.717, 1.165) is 45.9 Å². The van der Waals surface area contributed by atoms with Gasteiger partial charge in [-0.1, -0.05) is 27.7 Å². The topological polar surface area (TPSA) is 27.7 Å². The Hall–Kier alpha value is -0.160. The van der Waals surface area contributed by atoms with Crippen LogP contribution in [-0.4, -0.2) is 73.4 Å². The molecule has 0 aromatic heterocycles. The summed E-state index contributed by atoms with van der Waals surface area (Å²) in [5.41, 5.74) is 0.254. The predicted molar refractivity (Wildman–Crippen MR) is 88.8 cm³/mol. The maximum absolute atomic E-state index is 6.04. The highest BCUT2D eigenvalue weighted by molar-refractivity contribution is 4.96. The second-order valence-electron chi connectivity index (χ2n) is 7.42. The highest BCUT2D eigenvalue weighted by atomic mass is 16.5. The van der Waals surface area contributed by atoms with Crippen LogP contribution in [0.15, 0.2) is 0 Å². The number of nitrogens with one attached hydrogen (secondary N) is 1. The van der Waals surface area contributed by atoms with Crippen molar-refractivity contribution in [3.8, 4) is 0 Å². The number of hydrogen-bond donors (Lipinski definition) is 1. The molecule has 2 aliphatic heterocycles. The Balaban J connectivity index is 1.99. The molecular weight excluding hydrogens is 262 g/mol. The monoisotopic (exact) mass is 297 g/mol. The van der Waals surface area contributed by atoms with Crippen LogP contribution in [0.4, 0.5) is 0 Å². The molecule has 21 heavy (non-hydrogen) atoms. The Kier molecular flexibility index (Phi) is 6.06. The van der Waals surface area contributed by atoms with E-state index < -0.39 is 0 Å². The number of piperazine rings is 1. The SMILES string of the molecule is CCN1CCOC(CN2CC(C)(CC)NCC2C(C)C)C1. The fraction of sp³-hybridized carbons (Fsp3) is 1.00. The average molecular weight is 297 g/mol. The van der Waals surface area contributed by atoms with E-state index >= 15 is 0 Å². The molecule has 2 heterocycles. The molecule has 4 heteroatoms. The van der Waals surface area contributed by atoms with E-state index in [1.165, 1.54) is 6.42 Å². The molecule has 0 aromatic rings. The number of rotatable bonds is 5. The third-order valence-electron chi connectivity index (χ3n) is 5.42. The van der Waals surface area contributed by atoms with E-state index in [-0.39, 0.29) is 5.54 Å². The molecule has 2 saturated heterocycles. The van der Waals surface area contributed by atoms with Crippen LogP contribution in [0.25, 0.3) is 0 Å². The zero-order chi connectivity index (χ0) is 15.5. The third kappa shape index (κ3) is 4.41. The minimum atomic E-state index is 0.254. The third-order valence-corrected chi connectivity index (χ3v) is 5.42. The van der Waals surface area contributed by atoms with Gasteiger partial charge in [-0.2, -0.15) is 0 Å². The lowest BCUT2D eigenvalue weighted by molar-refractivity contribution is -0.0604. The van der Waals surface area contributed by atoms with E-state index in [1.54, 1.807) is 0 Å². The maximum atomic E-state index is 6.04. The molecule has 2 rings (SSSR count). The summed E-state index contributed by atoms with van der Waals surface area (Å²) in [5.74, 6) is 0.685. The van der Waals surface area contributed by atoms with Crippen LogP contribution in [0.1, 0.15) is 41.0 Å². The maximum Gasteiger partial charge on any atom is 0.0829 e. The Morgan fingerprint density at radius 3 is 2.71 bits per heavy atom. The van der Waals surface area contributed by atoms with Crippen molar-refractivity contribution in [1.29, 1.82) is 0 Å². The molecule has 0 radical (unpaired) electrons. The van der Waals surface area contributed by atoms with Crippen molar-refractivity contribution in [3.63, 3.8) is 0 Å². The van der Waals surface area contributed by atoms with Gasteiger partial charge in [0.15, 0.2) is 0 Å². The summed E-state index contributed by atoms with van der Waals surface area (Å²) in [5, 5.41) is 3.77. The summed E-state index contributed by atoms with van der Waals surface area (Å²) < 4.78 is 6.04. The fourth-order valence-corrected chi connectivity index (χ4v) is 3.64. The Labute approximate surface area is 131 Å². The first kappa shape index (κ1) is 17.2. The first-order chi connectivity index (χ1) is 9.97. The first-order valence-electron chi connectivity index (χ1n) is 8.80. The molecule has 0 bridgehead atoms. The largest absolute Gasteiger partial charge is 0.374 e. The molecule has 1 N–H and O–H groups in total. The van der Waals surface area contributed by atoms with Crippen molar-refractivity contribution in [3.05, 3.63) is 0 Å². The quantitative estimate of drug-likeness (QED) is 0.837.